The van der Waals surface area contributed by atoms with Gasteiger partial charge in [0.25, 0.3) is 0 Å². The van der Waals surface area contributed by atoms with Gasteiger partial charge in [0, 0.05) is 29.0 Å². The van der Waals surface area contributed by atoms with E-state index in [1.807, 2.05) is 30.3 Å². The van der Waals surface area contributed by atoms with Crippen LogP contribution in [0.5, 0.6) is 11.5 Å². The van der Waals surface area contributed by atoms with E-state index in [4.69, 9.17) is 20.9 Å². The van der Waals surface area contributed by atoms with Gasteiger partial charge in [0.1, 0.15) is 11.5 Å². The maximum atomic E-state index is 6.57. The summed E-state index contributed by atoms with van der Waals surface area (Å²) in [6.45, 7) is -0.829. The topological polar surface area (TPSA) is 30.5 Å². The molecule has 0 aromatic heterocycles. The first-order chi connectivity index (χ1) is 16.1. The van der Waals surface area contributed by atoms with E-state index in [1.165, 1.54) is 0 Å². The number of hydrogen-bond acceptors (Lipinski definition) is 3. The van der Waals surface area contributed by atoms with Crippen LogP contribution in [0, 0.1) is 0 Å². The summed E-state index contributed by atoms with van der Waals surface area (Å²) < 4.78 is 13.1. The van der Waals surface area contributed by atoms with Crippen molar-refractivity contribution in [3.63, 3.8) is 0 Å². The third kappa shape index (κ3) is 3.61. The van der Waals surface area contributed by atoms with Crippen LogP contribution in [0.4, 0.5) is 0 Å². The van der Waals surface area contributed by atoms with Gasteiger partial charge in [-0.05, 0) is 46.2 Å². The average Bonchev–Trinajstić information content (AvgIpc) is 2.98. The minimum Gasteiger partial charge on any atom is -0.424 e. The zero-order chi connectivity index (χ0) is 22.4. The zero-order valence-electron chi connectivity index (χ0n) is 18.1. The summed E-state index contributed by atoms with van der Waals surface area (Å²) in [5.74, 6) is 1.50. The summed E-state index contributed by atoms with van der Waals surface area (Å²) >= 11 is 6.07. The van der Waals surface area contributed by atoms with E-state index in [-0.39, 0.29) is 6.04 Å². The summed E-state index contributed by atoms with van der Waals surface area (Å²) in [5.41, 5.74) is 3.19. The second-order valence-corrected chi connectivity index (χ2v) is 11.3. The molecule has 162 valence electrons. The number of fused-ring (bicyclic) bond motifs is 7. The van der Waals surface area contributed by atoms with E-state index in [1.54, 1.807) is 0 Å². The Balaban J connectivity index is 1.58. The van der Waals surface area contributed by atoms with Crippen LogP contribution in [-0.4, -0.2) is 0 Å². The van der Waals surface area contributed by atoms with Crippen molar-refractivity contribution < 1.29 is 9.05 Å². The quantitative estimate of drug-likeness (QED) is 0.272. The van der Waals surface area contributed by atoms with Crippen molar-refractivity contribution >= 4 is 40.0 Å². The van der Waals surface area contributed by atoms with Gasteiger partial charge in [-0.15, -0.1) is 0 Å². The molecule has 6 rings (SSSR count). The van der Waals surface area contributed by atoms with Crippen molar-refractivity contribution in [1.82, 2.24) is 5.09 Å². The van der Waals surface area contributed by atoms with Crippen LogP contribution in [0.1, 0.15) is 18.5 Å². The molecular formula is C28H22NO2PS. The summed E-state index contributed by atoms with van der Waals surface area (Å²) in [6.07, 6.45) is 0. The Hall–Kier alpha value is -3.17. The Labute approximate surface area is 198 Å². The molecule has 0 bridgehead atoms. The minimum absolute atomic E-state index is 0.0250. The van der Waals surface area contributed by atoms with Gasteiger partial charge in [-0.3, -0.25) is 0 Å². The van der Waals surface area contributed by atoms with E-state index >= 15 is 0 Å². The average molecular weight is 468 g/mol. The number of hydrogen-bond donors (Lipinski definition) is 1. The normalized spacial score (nSPS) is 15.1. The molecule has 0 aliphatic carbocycles. The molecule has 5 aromatic rings. The molecule has 0 unspecified atom stereocenters. The lowest BCUT2D eigenvalue weighted by Gasteiger charge is -2.26. The molecule has 33 heavy (non-hydrogen) atoms. The fourth-order valence-corrected chi connectivity index (χ4v) is 7.10. The van der Waals surface area contributed by atoms with Crippen molar-refractivity contribution in [2.75, 3.05) is 0 Å². The molecule has 0 fully saturated rings. The summed E-state index contributed by atoms with van der Waals surface area (Å²) in [7, 11) is 0. The first-order valence-electron chi connectivity index (χ1n) is 11.0. The molecule has 1 atom stereocenters. The molecule has 1 N–H and O–H groups in total. The van der Waals surface area contributed by atoms with Gasteiger partial charge in [-0.1, -0.05) is 91.0 Å². The first kappa shape index (κ1) is 20.4. The van der Waals surface area contributed by atoms with E-state index in [2.05, 4.69) is 84.8 Å². The van der Waals surface area contributed by atoms with Gasteiger partial charge < -0.3 is 9.05 Å². The fraction of sp³-hybridized carbons (Fsp3) is 0.0714. The molecule has 1 aliphatic rings. The second-order valence-electron chi connectivity index (χ2n) is 8.26. The van der Waals surface area contributed by atoms with Crippen LogP contribution in [0.3, 0.4) is 0 Å². The Morgan fingerprint density at radius 2 is 1.12 bits per heavy atom. The Bertz CT molecular complexity index is 1460. The highest BCUT2D eigenvalue weighted by atomic mass is 32.5. The number of rotatable bonds is 3. The Morgan fingerprint density at radius 1 is 0.636 bits per heavy atom. The summed E-state index contributed by atoms with van der Waals surface area (Å²) in [6, 6.07) is 35.2. The second kappa shape index (κ2) is 8.00. The lowest BCUT2D eigenvalue weighted by Crippen LogP contribution is -2.21. The highest BCUT2D eigenvalue weighted by Crippen LogP contribution is 2.57. The lowest BCUT2D eigenvalue weighted by molar-refractivity contribution is 0.467. The van der Waals surface area contributed by atoms with Gasteiger partial charge >= 0.3 is 6.64 Å². The number of benzene rings is 5. The fourth-order valence-electron chi connectivity index (χ4n) is 4.55. The Morgan fingerprint density at radius 3 is 1.67 bits per heavy atom. The van der Waals surface area contributed by atoms with Crippen molar-refractivity contribution in [1.29, 1.82) is 0 Å². The van der Waals surface area contributed by atoms with Crippen LogP contribution in [0.2, 0.25) is 0 Å². The molecule has 1 heterocycles. The molecule has 5 heteroatoms. The van der Waals surface area contributed by atoms with Crippen LogP contribution in [-0.2, 0) is 11.8 Å². The molecular weight excluding hydrogens is 445 g/mol. The predicted octanol–water partition coefficient (Wildman–Crippen LogP) is 8.01. The molecule has 0 amide bonds. The van der Waals surface area contributed by atoms with Crippen molar-refractivity contribution in [3.8, 4) is 22.6 Å². The molecule has 0 saturated heterocycles. The van der Waals surface area contributed by atoms with Gasteiger partial charge in [-0.25, -0.2) is 5.09 Å². The monoisotopic (exact) mass is 467 g/mol. The Kier molecular flexibility index (Phi) is 4.95. The zero-order valence-corrected chi connectivity index (χ0v) is 19.8. The minimum atomic E-state index is -2.92. The van der Waals surface area contributed by atoms with E-state index in [0.717, 1.165) is 49.7 Å². The first-order valence-corrected chi connectivity index (χ1v) is 13.6. The smallest absolute Gasteiger partial charge is 0.365 e. The molecule has 0 radical (unpaired) electrons. The maximum Gasteiger partial charge on any atom is 0.365 e. The van der Waals surface area contributed by atoms with Gasteiger partial charge in [0.2, 0.25) is 0 Å². The van der Waals surface area contributed by atoms with E-state index in [9.17, 15) is 0 Å². The van der Waals surface area contributed by atoms with Crippen LogP contribution < -0.4 is 14.1 Å². The van der Waals surface area contributed by atoms with E-state index in [0.29, 0.717) is 0 Å². The molecule has 0 spiro atoms. The maximum absolute atomic E-state index is 6.57. The van der Waals surface area contributed by atoms with Crippen LogP contribution >= 0.6 is 6.64 Å². The van der Waals surface area contributed by atoms with Crippen molar-refractivity contribution in [2.45, 2.75) is 13.0 Å². The van der Waals surface area contributed by atoms with Gasteiger partial charge in [-0.2, -0.15) is 0 Å². The molecule has 5 aromatic carbocycles. The van der Waals surface area contributed by atoms with Crippen molar-refractivity contribution in [2.24, 2.45) is 0 Å². The van der Waals surface area contributed by atoms with E-state index < -0.39 is 6.64 Å². The molecule has 1 aliphatic heterocycles. The summed E-state index contributed by atoms with van der Waals surface area (Å²) in [4.78, 5) is 0. The highest BCUT2D eigenvalue weighted by Gasteiger charge is 2.33. The summed E-state index contributed by atoms with van der Waals surface area (Å²) in [5, 5.41) is 8.06. The third-order valence-electron chi connectivity index (χ3n) is 6.12. The molecule has 3 nitrogen and oxygen atoms in total. The third-order valence-corrected chi connectivity index (χ3v) is 8.46. The standard InChI is InChI=1S/C28H22NO2PS/c1-19(20-9-3-2-4-10-20)29-32(33)30-25-17-15-21-11-5-7-13-23(21)27(25)28-24-14-8-6-12-22(24)16-18-26(28)31-32/h2-19H,1H3,(H,29,33)/t19-/m0/s1. The van der Waals surface area contributed by atoms with Crippen LogP contribution in [0.25, 0.3) is 32.7 Å². The van der Waals surface area contributed by atoms with Crippen molar-refractivity contribution in [3.05, 3.63) is 109 Å². The van der Waals surface area contributed by atoms with Gasteiger partial charge in [0.15, 0.2) is 0 Å². The van der Waals surface area contributed by atoms with Crippen LogP contribution in [0.15, 0.2) is 103 Å². The van der Waals surface area contributed by atoms with Gasteiger partial charge in [0.05, 0.1) is 0 Å². The lowest BCUT2D eigenvalue weighted by atomic mass is 9.92. The highest BCUT2D eigenvalue weighted by molar-refractivity contribution is 8.09. The SMILES string of the molecule is C[C@H](NP1(=S)Oc2ccc3ccccc3c2-c2c(ccc3ccccc23)O1)c1ccccc1. The molecule has 0 saturated carbocycles. The predicted molar refractivity (Wildman–Crippen MR) is 140 cm³/mol. The largest absolute Gasteiger partial charge is 0.424 e. The number of nitrogens with one attached hydrogen (secondary N) is 1.